The summed E-state index contributed by atoms with van der Waals surface area (Å²) < 4.78 is 5.86. The first-order valence-corrected chi connectivity index (χ1v) is 11.7. The SMILES string of the molecule is Cc1cc(C)c2[nH]c(=O)c(CN(C[C@@H]3CCCO3)C(=S)NCCc3ccccc3)cc2c1. The van der Waals surface area contributed by atoms with Gasteiger partial charge in [-0.2, -0.15) is 0 Å². The first-order chi connectivity index (χ1) is 15.5. The van der Waals surface area contributed by atoms with Crippen molar-refractivity contribution in [2.75, 3.05) is 19.7 Å². The quantitative estimate of drug-likeness (QED) is 0.529. The fourth-order valence-electron chi connectivity index (χ4n) is 4.38. The van der Waals surface area contributed by atoms with E-state index in [1.807, 2.05) is 31.2 Å². The molecule has 3 aromatic rings. The van der Waals surface area contributed by atoms with E-state index in [0.717, 1.165) is 48.9 Å². The number of aryl methyl sites for hydroxylation is 2. The van der Waals surface area contributed by atoms with Gasteiger partial charge in [0.15, 0.2) is 5.11 Å². The Morgan fingerprint density at radius 1 is 1.22 bits per heavy atom. The van der Waals surface area contributed by atoms with Crippen LogP contribution in [0.15, 0.2) is 53.3 Å². The van der Waals surface area contributed by atoms with Gasteiger partial charge in [0.05, 0.1) is 18.2 Å². The summed E-state index contributed by atoms with van der Waals surface area (Å²) in [6.45, 7) is 6.78. The number of fused-ring (bicyclic) bond motifs is 1. The molecule has 0 unspecified atom stereocenters. The summed E-state index contributed by atoms with van der Waals surface area (Å²) in [6, 6.07) is 16.6. The zero-order valence-corrected chi connectivity index (χ0v) is 19.6. The van der Waals surface area contributed by atoms with E-state index in [-0.39, 0.29) is 11.7 Å². The molecular weight excluding hydrogens is 418 g/mol. The number of benzene rings is 2. The third-order valence-corrected chi connectivity index (χ3v) is 6.40. The van der Waals surface area contributed by atoms with E-state index in [0.29, 0.717) is 23.8 Å². The molecule has 2 heterocycles. The van der Waals surface area contributed by atoms with Gasteiger partial charge in [-0.1, -0.05) is 42.0 Å². The number of H-pyrrole nitrogens is 1. The van der Waals surface area contributed by atoms with Crippen LogP contribution in [0.2, 0.25) is 0 Å². The van der Waals surface area contributed by atoms with Gasteiger partial charge in [-0.15, -0.1) is 0 Å². The molecule has 0 saturated carbocycles. The lowest BCUT2D eigenvalue weighted by atomic mass is 10.1. The van der Waals surface area contributed by atoms with Gasteiger partial charge in [0.2, 0.25) is 0 Å². The number of thiocarbonyl (C=S) groups is 1. The molecule has 0 bridgehead atoms. The highest BCUT2D eigenvalue weighted by atomic mass is 32.1. The molecule has 0 spiro atoms. The molecule has 2 aromatic carbocycles. The average Bonchev–Trinajstić information content (AvgIpc) is 3.28. The molecule has 1 fully saturated rings. The highest BCUT2D eigenvalue weighted by Crippen LogP contribution is 2.19. The number of nitrogens with one attached hydrogen (secondary N) is 2. The third kappa shape index (κ3) is 5.56. The van der Waals surface area contributed by atoms with Gasteiger partial charge in [-0.3, -0.25) is 4.79 Å². The summed E-state index contributed by atoms with van der Waals surface area (Å²) in [4.78, 5) is 18.0. The zero-order chi connectivity index (χ0) is 22.5. The van der Waals surface area contributed by atoms with Crippen LogP contribution >= 0.6 is 12.2 Å². The molecule has 0 aliphatic carbocycles. The van der Waals surface area contributed by atoms with Gasteiger partial charge in [0.25, 0.3) is 5.56 Å². The fourth-order valence-corrected chi connectivity index (χ4v) is 4.62. The molecule has 0 amide bonds. The number of aromatic amines is 1. The van der Waals surface area contributed by atoms with Crippen molar-refractivity contribution in [1.29, 1.82) is 0 Å². The molecular formula is C26H31N3O2S. The van der Waals surface area contributed by atoms with E-state index in [1.165, 1.54) is 11.1 Å². The van der Waals surface area contributed by atoms with Crippen LogP contribution in [-0.4, -0.2) is 40.8 Å². The van der Waals surface area contributed by atoms with E-state index < -0.39 is 0 Å². The molecule has 32 heavy (non-hydrogen) atoms. The summed E-state index contributed by atoms with van der Waals surface area (Å²) in [6.07, 6.45) is 3.13. The van der Waals surface area contributed by atoms with Crippen molar-refractivity contribution in [3.05, 3.63) is 81.1 Å². The van der Waals surface area contributed by atoms with Gasteiger partial charge < -0.3 is 19.9 Å². The first kappa shape index (κ1) is 22.5. The Kier molecular flexibility index (Phi) is 7.22. The number of aromatic nitrogens is 1. The number of hydrogen-bond donors (Lipinski definition) is 2. The minimum Gasteiger partial charge on any atom is -0.376 e. The van der Waals surface area contributed by atoms with E-state index >= 15 is 0 Å². The van der Waals surface area contributed by atoms with Crippen LogP contribution < -0.4 is 10.9 Å². The summed E-state index contributed by atoms with van der Waals surface area (Å²) in [5.41, 5.74) is 5.09. The average molecular weight is 450 g/mol. The van der Waals surface area contributed by atoms with Gasteiger partial charge in [-0.05, 0) is 74.0 Å². The molecule has 168 valence electrons. The van der Waals surface area contributed by atoms with Gasteiger partial charge in [-0.25, -0.2) is 0 Å². The van der Waals surface area contributed by atoms with Crippen LogP contribution in [0.3, 0.4) is 0 Å². The standard InChI is InChI=1S/C26H31N3O2S/c1-18-13-19(2)24-21(14-18)15-22(25(30)28-24)16-29(17-23-9-6-12-31-23)26(32)27-11-10-20-7-4-3-5-8-20/h3-5,7-8,13-15,23H,6,9-12,16-17H2,1-2H3,(H,27,32)(H,28,30)/t23-/m0/s1. The molecule has 4 rings (SSSR count). The molecule has 6 heteroatoms. The Labute approximate surface area is 194 Å². The second kappa shape index (κ2) is 10.3. The highest BCUT2D eigenvalue weighted by Gasteiger charge is 2.22. The molecule has 1 aliphatic rings. The van der Waals surface area contributed by atoms with Gasteiger partial charge >= 0.3 is 0 Å². The van der Waals surface area contributed by atoms with E-state index in [2.05, 4.69) is 46.4 Å². The summed E-state index contributed by atoms with van der Waals surface area (Å²) in [5, 5.41) is 5.11. The number of rotatable bonds is 7. The first-order valence-electron chi connectivity index (χ1n) is 11.3. The van der Waals surface area contributed by atoms with Crippen molar-refractivity contribution in [2.45, 2.75) is 45.8 Å². The van der Waals surface area contributed by atoms with Crippen LogP contribution in [0.4, 0.5) is 0 Å². The van der Waals surface area contributed by atoms with Crippen LogP contribution in [0.5, 0.6) is 0 Å². The van der Waals surface area contributed by atoms with Gasteiger partial charge in [0, 0.05) is 25.3 Å². The monoisotopic (exact) mass is 449 g/mol. The van der Waals surface area contributed by atoms with Crippen molar-refractivity contribution in [1.82, 2.24) is 15.2 Å². The van der Waals surface area contributed by atoms with Crippen LogP contribution in [-0.2, 0) is 17.7 Å². The minimum absolute atomic E-state index is 0.0612. The van der Waals surface area contributed by atoms with Gasteiger partial charge in [0.1, 0.15) is 0 Å². The largest absolute Gasteiger partial charge is 0.376 e. The number of nitrogens with zero attached hydrogens (tertiary/aromatic N) is 1. The fraction of sp³-hybridized carbons (Fsp3) is 0.385. The molecule has 1 atom stereocenters. The predicted molar refractivity (Wildman–Crippen MR) is 134 cm³/mol. The van der Waals surface area contributed by atoms with Crippen molar-refractivity contribution in [3.63, 3.8) is 0 Å². The van der Waals surface area contributed by atoms with Crippen molar-refractivity contribution in [3.8, 4) is 0 Å². The Bertz CT molecular complexity index is 1140. The molecule has 5 nitrogen and oxygen atoms in total. The lowest BCUT2D eigenvalue weighted by molar-refractivity contribution is 0.0897. The smallest absolute Gasteiger partial charge is 0.253 e. The summed E-state index contributed by atoms with van der Waals surface area (Å²) >= 11 is 5.75. The summed E-state index contributed by atoms with van der Waals surface area (Å²) in [7, 11) is 0. The molecule has 1 saturated heterocycles. The second-order valence-electron chi connectivity index (χ2n) is 8.65. The third-order valence-electron chi connectivity index (χ3n) is 6.00. The topological polar surface area (TPSA) is 57.4 Å². The molecule has 1 aliphatic heterocycles. The summed E-state index contributed by atoms with van der Waals surface area (Å²) in [5.74, 6) is 0. The van der Waals surface area contributed by atoms with Crippen molar-refractivity contribution >= 4 is 28.2 Å². The number of pyridine rings is 1. The maximum atomic E-state index is 12.9. The zero-order valence-electron chi connectivity index (χ0n) is 18.8. The van der Waals surface area contributed by atoms with E-state index in [1.54, 1.807) is 0 Å². The van der Waals surface area contributed by atoms with Crippen molar-refractivity contribution < 1.29 is 4.74 Å². The van der Waals surface area contributed by atoms with Crippen LogP contribution in [0.1, 0.15) is 35.1 Å². The second-order valence-corrected chi connectivity index (χ2v) is 9.04. The maximum Gasteiger partial charge on any atom is 0.253 e. The Morgan fingerprint density at radius 3 is 2.78 bits per heavy atom. The molecule has 1 aromatic heterocycles. The molecule has 0 radical (unpaired) electrons. The van der Waals surface area contributed by atoms with Crippen LogP contribution in [0, 0.1) is 13.8 Å². The Morgan fingerprint density at radius 2 is 2.03 bits per heavy atom. The molecule has 2 N–H and O–H groups in total. The lowest BCUT2D eigenvalue weighted by Crippen LogP contribution is -2.44. The van der Waals surface area contributed by atoms with E-state index in [4.69, 9.17) is 17.0 Å². The Balaban J connectivity index is 1.51. The predicted octanol–water partition coefficient (Wildman–Crippen LogP) is 4.24. The van der Waals surface area contributed by atoms with Crippen LogP contribution in [0.25, 0.3) is 10.9 Å². The maximum absolute atomic E-state index is 12.9. The highest BCUT2D eigenvalue weighted by molar-refractivity contribution is 7.80. The number of ether oxygens (including phenoxy) is 1. The normalized spacial score (nSPS) is 15.8. The lowest BCUT2D eigenvalue weighted by Gasteiger charge is -2.28. The number of hydrogen-bond acceptors (Lipinski definition) is 3. The van der Waals surface area contributed by atoms with E-state index in [9.17, 15) is 4.79 Å². The Hall–Kier alpha value is -2.70. The van der Waals surface area contributed by atoms with Crippen molar-refractivity contribution in [2.24, 2.45) is 0 Å². The minimum atomic E-state index is -0.0612.